The van der Waals surface area contributed by atoms with Gasteiger partial charge in [-0.3, -0.25) is 4.79 Å². The summed E-state index contributed by atoms with van der Waals surface area (Å²) in [6, 6.07) is -0.764. The van der Waals surface area contributed by atoms with Gasteiger partial charge in [0.25, 0.3) is 0 Å². The predicted octanol–water partition coefficient (Wildman–Crippen LogP) is 0.781. The van der Waals surface area contributed by atoms with E-state index in [0.717, 1.165) is 6.42 Å². The summed E-state index contributed by atoms with van der Waals surface area (Å²) < 4.78 is 5.28. The summed E-state index contributed by atoms with van der Waals surface area (Å²) in [6.07, 6.45) is 1.89. The first kappa shape index (κ1) is 13.0. The summed E-state index contributed by atoms with van der Waals surface area (Å²) in [4.78, 5) is 22.5. The maximum absolute atomic E-state index is 11.6. The summed E-state index contributed by atoms with van der Waals surface area (Å²) in [5, 5.41) is 11.4. The van der Waals surface area contributed by atoms with Crippen LogP contribution < -0.4 is 5.32 Å². The molecule has 2 N–H and O–H groups in total. The van der Waals surface area contributed by atoms with Crippen molar-refractivity contribution in [1.82, 2.24) is 5.32 Å². The molecule has 16 heavy (non-hydrogen) atoms. The summed E-state index contributed by atoms with van der Waals surface area (Å²) in [6.45, 7) is 4.36. The minimum atomic E-state index is -0.969. The summed E-state index contributed by atoms with van der Waals surface area (Å²) in [5.74, 6) is -1.32. The SMILES string of the molecule is CCCC(NC(=O)C1CC1OCC)C(=O)O. The predicted molar refractivity (Wildman–Crippen MR) is 58.0 cm³/mol. The fourth-order valence-electron chi connectivity index (χ4n) is 1.67. The van der Waals surface area contributed by atoms with Crippen LogP contribution in [0.2, 0.25) is 0 Å². The molecular weight excluding hydrogens is 210 g/mol. The van der Waals surface area contributed by atoms with Crippen LogP contribution in [0.1, 0.15) is 33.1 Å². The zero-order valence-electron chi connectivity index (χ0n) is 9.73. The number of hydrogen-bond acceptors (Lipinski definition) is 3. The normalized spacial score (nSPS) is 24.9. The molecule has 3 unspecified atom stereocenters. The topological polar surface area (TPSA) is 75.6 Å². The third-order valence-corrected chi connectivity index (χ3v) is 2.64. The van der Waals surface area contributed by atoms with E-state index in [4.69, 9.17) is 9.84 Å². The van der Waals surface area contributed by atoms with Gasteiger partial charge in [-0.05, 0) is 19.8 Å². The molecule has 1 aliphatic rings. The van der Waals surface area contributed by atoms with E-state index in [1.165, 1.54) is 0 Å². The van der Waals surface area contributed by atoms with E-state index < -0.39 is 12.0 Å². The van der Waals surface area contributed by atoms with Crippen LogP contribution in [-0.2, 0) is 14.3 Å². The first-order valence-corrected chi connectivity index (χ1v) is 5.74. The Balaban J connectivity index is 2.35. The molecule has 0 spiro atoms. The molecule has 1 aliphatic carbocycles. The summed E-state index contributed by atoms with van der Waals surface area (Å²) >= 11 is 0. The second-order valence-electron chi connectivity index (χ2n) is 4.02. The number of carboxylic acids is 1. The van der Waals surface area contributed by atoms with Gasteiger partial charge in [0.2, 0.25) is 5.91 Å². The molecule has 1 fully saturated rings. The van der Waals surface area contributed by atoms with E-state index in [9.17, 15) is 9.59 Å². The maximum atomic E-state index is 11.6. The van der Waals surface area contributed by atoms with Gasteiger partial charge >= 0.3 is 5.97 Å². The molecule has 0 radical (unpaired) electrons. The molecule has 1 rings (SSSR count). The number of carboxylic acid groups (broad SMARTS) is 1. The van der Waals surface area contributed by atoms with E-state index in [-0.39, 0.29) is 17.9 Å². The fraction of sp³-hybridized carbons (Fsp3) is 0.818. The molecule has 5 nitrogen and oxygen atoms in total. The average Bonchev–Trinajstić information content (AvgIpc) is 2.97. The lowest BCUT2D eigenvalue weighted by molar-refractivity contribution is -0.142. The van der Waals surface area contributed by atoms with E-state index >= 15 is 0 Å². The Kier molecular flexibility index (Phi) is 4.73. The zero-order valence-corrected chi connectivity index (χ0v) is 9.73. The largest absolute Gasteiger partial charge is 0.480 e. The number of ether oxygens (including phenoxy) is 1. The molecule has 92 valence electrons. The van der Waals surface area contributed by atoms with Crippen LogP contribution >= 0.6 is 0 Å². The van der Waals surface area contributed by atoms with Crippen LogP contribution in [0.4, 0.5) is 0 Å². The molecule has 0 aromatic heterocycles. The van der Waals surface area contributed by atoms with Crippen molar-refractivity contribution in [2.45, 2.75) is 45.3 Å². The smallest absolute Gasteiger partial charge is 0.326 e. The van der Waals surface area contributed by atoms with Gasteiger partial charge in [-0.15, -0.1) is 0 Å². The van der Waals surface area contributed by atoms with Crippen LogP contribution in [0.5, 0.6) is 0 Å². The van der Waals surface area contributed by atoms with Gasteiger partial charge in [-0.1, -0.05) is 13.3 Å². The van der Waals surface area contributed by atoms with Crippen LogP contribution in [0.3, 0.4) is 0 Å². The van der Waals surface area contributed by atoms with Crippen molar-refractivity contribution in [3.8, 4) is 0 Å². The number of nitrogens with one attached hydrogen (secondary N) is 1. The highest BCUT2D eigenvalue weighted by Gasteiger charge is 2.44. The standard InChI is InChI=1S/C11H19NO4/c1-3-5-8(11(14)15)12-10(13)7-6-9(7)16-4-2/h7-9H,3-6H2,1-2H3,(H,12,13)(H,14,15). The van der Waals surface area contributed by atoms with Gasteiger partial charge in [-0.2, -0.15) is 0 Å². The van der Waals surface area contributed by atoms with Gasteiger partial charge in [0.05, 0.1) is 12.0 Å². The molecule has 1 saturated carbocycles. The van der Waals surface area contributed by atoms with Crippen molar-refractivity contribution in [3.05, 3.63) is 0 Å². The number of rotatable bonds is 7. The van der Waals surface area contributed by atoms with Gasteiger partial charge in [0, 0.05) is 6.61 Å². The average molecular weight is 229 g/mol. The van der Waals surface area contributed by atoms with Gasteiger partial charge < -0.3 is 15.2 Å². The number of amides is 1. The van der Waals surface area contributed by atoms with Gasteiger partial charge in [-0.25, -0.2) is 4.79 Å². The Labute approximate surface area is 95.2 Å². The molecular formula is C11H19NO4. The van der Waals surface area contributed by atoms with E-state index in [2.05, 4.69) is 5.32 Å². The van der Waals surface area contributed by atoms with E-state index in [0.29, 0.717) is 19.4 Å². The van der Waals surface area contributed by atoms with Crippen molar-refractivity contribution in [1.29, 1.82) is 0 Å². The van der Waals surface area contributed by atoms with Crippen molar-refractivity contribution >= 4 is 11.9 Å². The highest BCUT2D eigenvalue weighted by Crippen LogP contribution is 2.33. The Bertz CT molecular complexity index is 267. The van der Waals surface area contributed by atoms with Crippen LogP contribution in [0, 0.1) is 5.92 Å². The number of carbonyl (C=O) groups excluding carboxylic acids is 1. The first-order valence-electron chi connectivity index (χ1n) is 5.74. The first-order chi connectivity index (χ1) is 7.60. The lowest BCUT2D eigenvalue weighted by atomic mass is 10.1. The monoisotopic (exact) mass is 229 g/mol. The second kappa shape index (κ2) is 5.84. The van der Waals surface area contributed by atoms with E-state index in [1.54, 1.807) is 0 Å². The summed E-state index contributed by atoms with van der Waals surface area (Å²) in [5.41, 5.74) is 0. The molecule has 0 aromatic rings. The van der Waals surface area contributed by atoms with E-state index in [1.807, 2.05) is 13.8 Å². The highest BCUT2D eigenvalue weighted by molar-refractivity contribution is 5.87. The molecule has 0 bridgehead atoms. The van der Waals surface area contributed by atoms with Crippen LogP contribution in [-0.4, -0.2) is 35.7 Å². The minimum absolute atomic E-state index is 0.0129. The third-order valence-electron chi connectivity index (χ3n) is 2.64. The molecule has 1 amide bonds. The molecule has 3 atom stereocenters. The second-order valence-corrected chi connectivity index (χ2v) is 4.02. The number of hydrogen-bond donors (Lipinski definition) is 2. The molecule has 0 aromatic carbocycles. The Hall–Kier alpha value is -1.10. The molecule has 0 saturated heterocycles. The van der Waals surface area contributed by atoms with Crippen molar-refractivity contribution < 1.29 is 19.4 Å². The highest BCUT2D eigenvalue weighted by atomic mass is 16.5. The quantitative estimate of drug-likeness (QED) is 0.676. The lowest BCUT2D eigenvalue weighted by Gasteiger charge is -2.13. The van der Waals surface area contributed by atoms with Crippen molar-refractivity contribution in [2.24, 2.45) is 5.92 Å². The van der Waals surface area contributed by atoms with Crippen LogP contribution in [0.15, 0.2) is 0 Å². The van der Waals surface area contributed by atoms with Crippen LogP contribution in [0.25, 0.3) is 0 Å². The zero-order chi connectivity index (χ0) is 12.1. The molecule has 0 heterocycles. The third kappa shape index (κ3) is 3.48. The Morgan fingerprint density at radius 2 is 2.19 bits per heavy atom. The van der Waals surface area contributed by atoms with Gasteiger partial charge in [0.1, 0.15) is 6.04 Å². The Morgan fingerprint density at radius 3 is 2.69 bits per heavy atom. The number of carbonyl (C=O) groups is 2. The fourth-order valence-corrected chi connectivity index (χ4v) is 1.67. The summed E-state index contributed by atoms with van der Waals surface area (Å²) in [7, 11) is 0. The maximum Gasteiger partial charge on any atom is 0.326 e. The molecule has 0 aliphatic heterocycles. The Morgan fingerprint density at radius 1 is 1.50 bits per heavy atom. The molecule has 5 heteroatoms. The lowest BCUT2D eigenvalue weighted by Crippen LogP contribution is -2.41. The van der Waals surface area contributed by atoms with Gasteiger partial charge in [0.15, 0.2) is 0 Å². The number of aliphatic carboxylic acids is 1. The minimum Gasteiger partial charge on any atom is -0.480 e. The van der Waals surface area contributed by atoms with Crippen molar-refractivity contribution in [2.75, 3.05) is 6.61 Å². The van der Waals surface area contributed by atoms with Crippen molar-refractivity contribution in [3.63, 3.8) is 0 Å².